The van der Waals surface area contributed by atoms with Crippen LogP contribution in [0.25, 0.3) is 0 Å². The Morgan fingerprint density at radius 2 is 1.68 bits per heavy atom. The summed E-state index contributed by atoms with van der Waals surface area (Å²) in [4.78, 5) is 24.3. The van der Waals surface area contributed by atoms with Crippen LogP contribution in [0.15, 0.2) is 77.9 Å². The molecule has 0 aliphatic carbocycles. The molecule has 37 heavy (non-hydrogen) atoms. The first kappa shape index (κ1) is 27.1. The Morgan fingerprint density at radius 3 is 2.32 bits per heavy atom. The van der Waals surface area contributed by atoms with Gasteiger partial charge in [-0.1, -0.05) is 12.1 Å². The zero-order valence-electron chi connectivity index (χ0n) is 20.0. The maximum atomic E-state index is 12.9. The highest BCUT2D eigenvalue weighted by Gasteiger charge is 2.23. The van der Waals surface area contributed by atoms with Gasteiger partial charge in [0.1, 0.15) is 23.9 Å². The quantitative estimate of drug-likeness (QED) is 0.291. The Balaban J connectivity index is 1.51. The molecule has 0 spiro atoms. The Labute approximate surface area is 213 Å². The second kappa shape index (κ2) is 12.5. The molecule has 0 fully saturated rings. The monoisotopic (exact) mass is 528 g/mol. The van der Waals surface area contributed by atoms with Crippen molar-refractivity contribution in [3.05, 3.63) is 84.2 Å². The number of rotatable bonds is 11. The number of benzene rings is 3. The van der Waals surface area contributed by atoms with Crippen LogP contribution >= 0.6 is 0 Å². The summed E-state index contributed by atoms with van der Waals surface area (Å²) in [5, 5.41) is 6.45. The Hall–Kier alpha value is -4.45. The summed E-state index contributed by atoms with van der Waals surface area (Å²) in [6, 6.07) is 18.3. The van der Waals surface area contributed by atoms with Gasteiger partial charge in [-0.05, 0) is 66.2 Å². The number of nitrogens with one attached hydrogen (secondary N) is 2. The van der Waals surface area contributed by atoms with Gasteiger partial charge in [-0.25, -0.2) is 18.2 Å². The van der Waals surface area contributed by atoms with Crippen LogP contribution in [0.1, 0.15) is 5.56 Å². The number of methoxy groups -OCH3 is 1. The highest BCUT2D eigenvalue weighted by atomic mass is 32.2. The molecule has 0 bridgehead atoms. The number of nitrogens with zero attached hydrogens (tertiary/aromatic N) is 2. The lowest BCUT2D eigenvalue weighted by Crippen LogP contribution is -2.39. The Kier molecular flexibility index (Phi) is 9.16. The van der Waals surface area contributed by atoms with E-state index in [1.54, 1.807) is 42.5 Å². The largest absolute Gasteiger partial charge is 0.495 e. The predicted molar refractivity (Wildman–Crippen MR) is 138 cm³/mol. The molecular formula is C25H25FN4O6S. The van der Waals surface area contributed by atoms with Crippen LogP contribution in [0.3, 0.4) is 0 Å². The van der Waals surface area contributed by atoms with E-state index < -0.39 is 34.2 Å². The lowest BCUT2D eigenvalue weighted by atomic mass is 10.2. The molecule has 2 amide bonds. The second-order valence-corrected chi connectivity index (χ2v) is 9.55. The van der Waals surface area contributed by atoms with E-state index in [1.807, 2.05) is 0 Å². The molecule has 0 atom stereocenters. The Bertz CT molecular complexity index is 1360. The summed E-state index contributed by atoms with van der Waals surface area (Å²) in [5.41, 5.74) is 3.60. The molecule has 0 saturated carbocycles. The van der Waals surface area contributed by atoms with Crippen molar-refractivity contribution in [3.63, 3.8) is 0 Å². The number of carbonyl (C=O) groups is 2. The number of para-hydroxylation sites is 2. The molecule has 0 aromatic heterocycles. The van der Waals surface area contributed by atoms with Crippen molar-refractivity contribution in [3.8, 4) is 11.5 Å². The van der Waals surface area contributed by atoms with Gasteiger partial charge in [-0.2, -0.15) is 5.10 Å². The van der Waals surface area contributed by atoms with Gasteiger partial charge in [0, 0.05) is 5.69 Å². The number of amides is 2. The van der Waals surface area contributed by atoms with Gasteiger partial charge in [0.2, 0.25) is 10.0 Å². The molecule has 194 valence electrons. The van der Waals surface area contributed by atoms with Crippen LogP contribution in [0.2, 0.25) is 0 Å². The molecule has 12 heteroatoms. The number of ether oxygens (including phenoxy) is 2. The fourth-order valence-corrected chi connectivity index (χ4v) is 3.95. The first-order chi connectivity index (χ1) is 17.7. The summed E-state index contributed by atoms with van der Waals surface area (Å²) in [7, 11) is -2.37. The molecule has 3 rings (SSSR count). The number of hydrogen-bond acceptors (Lipinski definition) is 7. The van der Waals surface area contributed by atoms with Crippen LogP contribution in [0.4, 0.5) is 15.8 Å². The molecule has 3 aromatic rings. The number of anilines is 2. The smallest absolute Gasteiger partial charge is 0.262 e. The third kappa shape index (κ3) is 8.32. The highest BCUT2D eigenvalue weighted by Crippen LogP contribution is 2.29. The van der Waals surface area contributed by atoms with E-state index in [0.717, 1.165) is 10.6 Å². The van der Waals surface area contributed by atoms with Crippen molar-refractivity contribution >= 4 is 39.4 Å². The summed E-state index contributed by atoms with van der Waals surface area (Å²) < 4.78 is 49.0. The normalized spacial score (nSPS) is 11.1. The van der Waals surface area contributed by atoms with Gasteiger partial charge in [0.25, 0.3) is 11.8 Å². The Morgan fingerprint density at radius 1 is 1.00 bits per heavy atom. The fourth-order valence-electron chi connectivity index (χ4n) is 3.09. The van der Waals surface area contributed by atoms with Gasteiger partial charge in [-0.15, -0.1) is 0 Å². The van der Waals surface area contributed by atoms with Crippen LogP contribution in [0.5, 0.6) is 11.5 Å². The van der Waals surface area contributed by atoms with E-state index in [9.17, 15) is 22.4 Å². The predicted octanol–water partition coefficient (Wildman–Crippen LogP) is 2.77. The molecule has 0 unspecified atom stereocenters. The van der Waals surface area contributed by atoms with Gasteiger partial charge >= 0.3 is 0 Å². The van der Waals surface area contributed by atoms with Crippen molar-refractivity contribution in [2.24, 2.45) is 5.10 Å². The van der Waals surface area contributed by atoms with Gasteiger partial charge in [0.15, 0.2) is 6.61 Å². The van der Waals surface area contributed by atoms with Gasteiger partial charge in [0.05, 0.1) is 25.3 Å². The number of carbonyl (C=O) groups excluding carboxylic acids is 2. The summed E-state index contributed by atoms with van der Waals surface area (Å²) in [6.45, 7) is -0.743. The van der Waals surface area contributed by atoms with Crippen molar-refractivity contribution in [1.82, 2.24) is 5.43 Å². The summed E-state index contributed by atoms with van der Waals surface area (Å²) >= 11 is 0. The van der Waals surface area contributed by atoms with Crippen LogP contribution in [0, 0.1) is 5.82 Å². The fraction of sp³-hybridized carbons (Fsp3) is 0.160. The average Bonchev–Trinajstić information content (AvgIpc) is 2.87. The van der Waals surface area contributed by atoms with Gasteiger partial charge < -0.3 is 14.8 Å². The lowest BCUT2D eigenvalue weighted by Gasteiger charge is -2.23. The van der Waals surface area contributed by atoms with Crippen LogP contribution in [-0.4, -0.2) is 53.0 Å². The van der Waals surface area contributed by atoms with Crippen molar-refractivity contribution in [2.75, 3.05) is 36.1 Å². The van der Waals surface area contributed by atoms with Crippen molar-refractivity contribution in [1.29, 1.82) is 0 Å². The minimum Gasteiger partial charge on any atom is -0.495 e. The van der Waals surface area contributed by atoms with E-state index in [-0.39, 0.29) is 12.3 Å². The zero-order valence-corrected chi connectivity index (χ0v) is 20.9. The second-order valence-electron chi connectivity index (χ2n) is 7.65. The van der Waals surface area contributed by atoms with Gasteiger partial charge in [-0.3, -0.25) is 13.9 Å². The molecule has 10 nitrogen and oxygen atoms in total. The third-order valence-electron chi connectivity index (χ3n) is 4.82. The number of hydrazone groups is 1. The third-order valence-corrected chi connectivity index (χ3v) is 5.95. The minimum atomic E-state index is -3.78. The zero-order chi connectivity index (χ0) is 26.8. The molecule has 0 aliphatic heterocycles. The lowest BCUT2D eigenvalue weighted by molar-refractivity contribution is -0.119. The molecular weight excluding hydrogens is 503 g/mol. The van der Waals surface area contributed by atoms with E-state index in [1.165, 1.54) is 43.7 Å². The maximum absolute atomic E-state index is 12.9. The first-order valence-corrected chi connectivity index (χ1v) is 12.7. The van der Waals surface area contributed by atoms with E-state index in [0.29, 0.717) is 22.7 Å². The first-order valence-electron chi connectivity index (χ1n) is 10.9. The number of hydrogen-bond donors (Lipinski definition) is 2. The highest BCUT2D eigenvalue weighted by molar-refractivity contribution is 7.92. The number of sulfonamides is 1. The molecule has 0 saturated heterocycles. The van der Waals surface area contributed by atoms with Crippen LogP contribution in [-0.2, 0) is 19.6 Å². The minimum absolute atomic E-state index is 0.230. The summed E-state index contributed by atoms with van der Waals surface area (Å²) in [5.74, 6) is -0.729. The molecule has 0 aliphatic rings. The van der Waals surface area contributed by atoms with Crippen molar-refractivity contribution < 1.29 is 31.9 Å². The molecule has 2 N–H and O–H groups in total. The van der Waals surface area contributed by atoms with E-state index in [4.69, 9.17) is 9.47 Å². The molecule has 0 radical (unpaired) electrons. The van der Waals surface area contributed by atoms with E-state index in [2.05, 4.69) is 15.8 Å². The SMILES string of the molecule is COc1ccccc1N(CC(=O)NN=Cc1ccc(OCC(=O)Nc2ccc(F)cc2)cc1)S(C)(=O)=O. The van der Waals surface area contributed by atoms with Crippen LogP contribution < -0.4 is 24.5 Å². The molecule has 3 aromatic carbocycles. The average molecular weight is 529 g/mol. The summed E-state index contributed by atoms with van der Waals surface area (Å²) in [6.07, 6.45) is 2.36. The number of halogens is 1. The standard InChI is InChI=1S/C25H25FN4O6S/c1-35-23-6-4-3-5-22(23)30(37(2,33)34)16-24(31)29-27-15-18-7-13-21(14-8-18)36-17-25(32)28-20-11-9-19(26)10-12-20/h3-15H,16-17H2,1-2H3,(H,28,32)(H,29,31). The van der Waals surface area contributed by atoms with Crippen molar-refractivity contribution in [2.45, 2.75) is 0 Å². The van der Waals surface area contributed by atoms with E-state index >= 15 is 0 Å². The molecule has 0 heterocycles. The maximum Gasteiger partial charge on any atom is 0.262 e. The topological polar surface area (TPSA) is 126 Å².